The van der Waals surface area contributed by atoms with Crippen molar-refractivity contribution in [2.24, 2.45) is 16.7 Å². The van der Waals surface area contributed by atoms with E-state index in [1.165, 1.54) is 12.8 Å². The molecule has 2 N–H and O–H groups in total. The predicted octanol–water partition coefficient (Wildman–Crippen LogP) is 2.80. The summed E-state index contributed by atoms with van der Waals surface area (Å²) in [5, 5.41) is 0. The largest absolute Gasteiger partial charge is 0.474 e. The summed E-state index contributed by atoms with van der Waals surface area (Å²) in [7, 11) is 1.62. The van der Waals surface area contributed by atoms with Crippen molar-refractivity contribution in [2.45, 2.75) is 52.7 Å². The molecule has 0 amide bonds. The number of nitrogen functional groups attached to an aromatic ring is 1. The molecule has 0 spiro atoms. The second kappa shape index (κ2) is 4.83. The first-order chi connectivity index (χ1) is 9.86. The van der Waals surface area contributed by atoms with E-state index >= 15 is 0 Å². The van der Waals surface area contributed by atoms with E-state index in [0.717, 1.165) is 12.3 Å². The zero-order chi connectivity index (χ0) is 15.3. The molecule has 3 rings (SSSR count). The van der Waals surface area contributed by atoms with E-state index in [0.29, 0.717) is 29.5 Å². The van der Waals surface area contributed by atoms with Crippen LogP contribution in [0.4, 0.5) is 5.82 Å². The van der Waals surface area contributed by atoms with Gasteiger partial charge in [0.15, 0.2) is 5.82 Å². The van der Waals surface area contributed by atoms with Crippen LogP contribution in [-0.4, -0.2) is 23.2 Å². The Kier molecular flexibility index (Phi) is 3.35. The summed E-state index contributed by atoms with van der Waals surface area (Å²) in [6, 6.07) is 1.71. The third-order valence-corrected chi connectivity index (χ3v) is 6.02. The molecule has 2 bridgehead atoms. The first-order valence-corrected chi connectivity index (χ1v) is 7.66. The molecule has 2 saturated carbocycles. The Morgan fingerprint density at radius 3 is 2.67 bits per heavy atom. The van der Waals surface area contributed by atoms with Crippen molar-refractivity contribution in [3.63, 3.8) is 0 Å². The van der Waals surface area contributed by atoms with Crippen molar-refractivity contribution in [2.75, 3.05) is 12.8 Å². The van der Waals surface area contributed by atoms with Crippen LogP contribution in [0.15, 0.2) is 6.07 Å². The monoisotopic (exact) mass is 291 g/mol. The molecule has 0 radical (unpaired) electrons. The lowest BCUT2D eigenvalue weighted by molar-refractivity contribution is 0.0268. The maximum absolute atomic E-state index is 6.23. The fourth-order valence-electron chi connectivity index (χ4n) is 4.20. The molecule has 1 aromatic rings. The molecule has 1 aromatic heterocycles. The van der Waals surface area contributed by atoms with Gasteiger partial charge in [0.25, 0.3) is 0 Å². The number of nitrogens with two attached hydrogens (primary N) is 1. The Balaban J connectivity index is 1.82. The molecule has 2 aliphatic rings. The van der Waals surface area contributed by atoms with Crippen LogP contribution >= 0.6 is 0 Å². The number of hydrogen-bond acceptors (Lipinski definition) is 5. The lowest BCUT2D eigenvalue weighted by Crippen LogP contribution is -2.39. The normalized spacial score (nSPS) is 33.3. The summed E-state index contributed by atoms with van der Waals surface area (Å²) >= 11 is 0. The van der Waals surface area contributed by atoms with Gasteiger partial charge in [0.1, 0.15) is 18.5 Å². The molecule has 21 heavy (non-hydrogen) atoms. The van der Waals surface area contributed by atoms with Crippen molar-refractivity contribution in [3.8, 4) is 5.88 Å². The van der Waals surface area contributed by atoms with Crippen molar-refractivity contribution in [3.05, 3.63) is 11.9 Å². The van der Waals surface area contributed by atoms with Crippen LogP contribution < -0.4 is 10.5 Å². The number of ether oxygens (including phenoxy) is 2. The smallest absolute Gasteiger partial charge is 0.219 e. The van der Waals surface area contributed by atoms with E-state index in [9.17, 15) is 0 Å². The maximum Gasteiger partial charge on any atom is 0.219 e. The molecule has 1 heterocycles. The number of hydrogen-bond donors (Lipinski definition) is 1. The van der Waals surface area contributed by atoms with E-state index in [4.69, 9.17) is 15.2 Å². The van der Waals surface area contributed by atoms with Gasteiger partial charge in [0, 0.05) is 18.6 Å². The fraction of sp³-hybridized carbons (Fsp3) is 0.750. The average molecular weight is 291 g/mol. The Hall–Kier alpha value is -1.36. The molecule has 116 valence electrons. The Bertz CT molecular complexity index is 546. The quantitative estimate of drug-likeness (QED) is 0.923. The fourth-order valence-corrected chi connectivity index (χ4v) is 4.20. The topological polar surface area (TPSA) is 70.3 Å². The second-order valence-corrected chi connectivity index (χ2v) is 7.20. The number of nitrogens with zero attached hydrogens (tertiary/aromatic N) is 2. The average Bonchev–Trinajstić information content (AvgIpc) is 2.71. The Labute approximate surface area is 126 Å². The lowest BCUT2D eigenvalue weighted by Gasteiger charge is -2.38. The minimum atomic E-state index is 0.205. The number of rotatable bonds is 4. The molecule has 2 aliphatic carbocycles. The second-order valence-electron chi connectivity index (χ2n) is 7.20. The molecule has 5 heteroatoms. The Morgan fingerprint density at radius 1 is 1.33 bits per heavy atom. The number of anilines is 1. The zero-order valence-corrected chi connectivity index (χ0v) is 13.3. The highest BCUT2D eigenvalue weighted by Gasteiger charge is 2.62. The molecule has 2 fully saturated rings. The molecular weight excluding hydrogens is 266 g/mol. The molecule has 0 saturated heterocycles. The van der Waals surface area contributed by atoms with Gasteiger partial charge in [-0.3, -0.25) is 0 Å². The summed E-state index contributed by atoms with van der Waals surface area (Å²) in [5.74, 6) is 2.31. The van der Waals surface area contributed by atoms with Gasteiger partial charge in [-0.2, -0.15) is 4.98 Å². The number of aromatic nitrogens is 2. The van der Waals surface area contributed by atoms with Crippen LogP contribution in [0.1, 0.15) is 45.9 Å². The van der Waals surface area contributed by atoms with Gasteiger partial charge in [0.05, 0.1) is 0 Å². The number of methoxy groups -OCH3 is 1. The van der Waals surface area contributed by atoms with Gasteiger partial charge in [-0.15, -0.1) is 0 Å². The van der Waals surface area contributed by atoms with E-state index < -0.39 is 0 Å². The van der Waals surface area contributed by atoms with Crippen LogP contribution in [0.5, 0.6) is 5.88 Å². The van der Waals surface area contributed by atoms with Gasteiger partial charge in [0.2, 0.25) is 5.88 Å². The van der Waals surface area contributed by atoms with Gasteiger partial charge in [-0.05, 0) is 30.6 Å². The first kappa shape index (κ1) is 14.6. The predicted molar refractivity (Wildman–Crippen MR) is 80.8 cm³/mol. The highest BCUT2D eigenvalue weighted by atomic mass is 16.5. The van der Waals surface area contributed by atoms with Crippen LogP contribution in [0, 0.1) is 16.7 Å². The molecule has 3 unspecified atom stereocenters. The van der Waals surface area contributed by atoms with Gasteiger partial charge in [-0.1, -0.05) is 20.8 Å². The van der Waals surface area contributed by atoms with E-state index in [1.807, 2.05) is 0 Å². The molecule has 3 atom stereocenters. The van der Waals surface area contributed by atoms with E-state index in [-0.39, 0.29) is 11.5 Å². The molecular formula is C16H25N3O2. The summed E-state index contributed by atoms with van der Waals surface area (Å²) in [4.78, 5) is 8.56. The minimum absolute atomic E-state index is 0.205. The SMILES string of the molecule is COCc1nc(N)cc(OC2CC3CCC2(C)C3(C)C)n1. The maximum atomic E-state index is 6.23. The standard InChI is InChI=1S/C16H25N3O2/c1-15(2)10-5-6-16(15,3)11(7-10)21-14-8-12(17)18-13(19-14)9-20-4/h8,10-11H,5-7,9H2,1-4H3,(H2,17,18,19). The highest BCUT2D eigenvalue weighted by Crippen LogP contribution is 2.66. The van der Waals surface area contributed by atoms with Gasteiger partial charge in [-0.25, -0.2) is 4.98 Å². The minimum Gasteiger partial charge on any atom is -0.474 e. The van der Waals surface area contributed by atoms with Crippen LogP contribution in [-0.2, 0) is 11.3 Å². The van der Waals surface area contributed by atoms with E-state index in [1.54, 1.807) is 13.2 Å². The highest BCUT2D eigenvalue weighted by molar-refractivity contribution is 5.33. The summed E-state index contributed by atoms with van der Waals surface area (Å²) < 4.78 is 11.3. The van der Waals surface area contributed by atoms with Gasteiger partial charge < -0.3 is 15.2 Å². The van der Waals surface area contributed by atoms with Crippen LogP contribution in [0.3, 0.4) is 0 Å². The summed E-state index contributed by atoms with van der Waals surface area (Å²) in [5.41, 5.74) is 6.37. The van der Waals surface area contributed by atoms with Crippen molar-refractivity contribution in [1.82, 2.24) is 9.97 Å². The van der Waals surface area contributed by atoms with Crippen molar-refractivity contribution in [1.29, 1.82) is 0 Å². The van der Waals surface area contributed by atoms with E-state index in [2.05, 4.69) is 30.7 Å². The van der Waals surface area contributed by atoms with Crippen molar-refractivity contribution >= 4 is 5.82 Å². The molecule has 0 aromatic carbocycles. The third-order valence-electron chi connectivity index (χ3n) is 6.02. The van der Waals surface area contributed by atoms with Gasteiger partial charge >= 0.3 is 0 Å². The van der Waals surface area contributed by atoms with Crippen LogP contribution in [0.2, 0.25) is 0 Å². The zero-order valence-electron chi connectivity index (χ0n) is 13.3. The van der Waals surface area contributed by atoms with Crippen molar-refractivity contribution < 1.29 is 9.47 Å². The summed E-state index contributed by atoms with van der Waals surface area (Å²) in [6.45, 7) is 7.44. The molecule has 5 nitrogen and oxygen atoms in total. The number of fused-ring (bicyclic) bond motifs is 2. The third kappa shape index (κ3) is 2.18. The lowest BCUT2D eigenvalue weighted by atomic mass is 9.70. The Morgan fingerprint density at radius 2 is 2.10 bits per heavy atom. The summed E-state index contributed by atoms with van der Waals surface area (Å²) in [6.07, 6.45) is 3.84. The van der Waals surface area contributed by atoms with Crippen LogP contribution in [0.25, 0.3) is 0 Å². The molecule has 0 aliphatic heterocycles. The first-order valence-electron chi connectivity index (χ1n) is 7.66.